The zero-order chi connectivity index (χ0) is 14.3. The van der Waals surface area contributed by atoms with Crippen molar-refractivity contribution in [2.75, 3.05) is 0 Å². The Labute approximate surface area is 114 Å². The van der Waals surface area contributed by atoms with Crippen LogP contribution in [-0.4, -0.2) is 24.3 Å². The van der Waals surface area contributed by atoms with Crippen LogP contribution in [0.5, 0.6) is 5.75 Å². The van der Waals surface area contributed by atoms with Gasteiger partial charge in [0.05, 0.1) is 11.2 Å². The van der Waals surface area contributed by atoms with Crippen molar-refractivity contribution in [1.29, 1.82) is 0 Å². The van der Waals surface area contributed by atoms with Crippen LogP contribution in [0.3, 0.4) is 0 Å². The van der Waals surface area contributed by atoms with Gasteiger partial charge in [0.15, 0.2) is 0 Å². The van der Waals surface area contributed by atoms with Crippen LogP contribution in [0.2, 0.25) is 0 Å². The smallest absolute Gasteiger partial charge is 0.427 e. The van der Waals surface area contributed by atoms with Crippen LogP contribution in [0.15, 0.2) is 24.3 Å². The van der Waals surface area contributed by atoms with E-state index in [0.717, 1.165) is 5.46 Å². The SMILES string of the molecule is CC(=O)Oc1cccc(B2OC(C)(C)C(C)(C)O2)c1. The van der Waals surface area contributed by atoms with E-state index in [0.29, 0.717) is 5.75 Å². The summed E-state index contributed by atoms with van der Waals surface area (Å²) in [5.74, 6) is 0.158. The highest BCUT2D eigenvalue weighted by atomic mass is 16.7. The largest absolute Gasteiger partial charge is 0.494 e. The van der Waals surface area contributed by atoms with Crippen molar-refractivity contribution in [2.45, 2.75) is 45.8 Å². The number of hydrogen-bond acceptors (Lipinski definition) is 4. The van der Waals surface area contributed by atoms with Gasteiger partial charge < -0.3 is 14.0 Å². The van der Waals surface area contributed by atoms with Gasteiger partial charge in [-0.2, -0.15) is 0 Å². The van der Waals surface area contributed by atoms with E-state index in [-0.39, 0.29) is 17.2 Å². The van der Waals surface area contributed by atoms with Crippen LogP contribution in [0.25, 0.3) is 0 Å². The Kier molecular flexibility index (Phi) is 3.45. The number of carbonyl (C=O) groups is 1. The first-order valence-electron chi connectivity index (χ1n) is 6.35. The molecule has 2 rings (SSSR count). The average Bonchev–Trinajstić information content (AvgIpc) is 2.47. The lowest BCUT2D eigenvalue weighted by Gasteiger charge is -2.32. The zero-order valence-electron chi connectivity index (χ0n) is 12.0. The van der Waals surface area contributed by atoms with Crippen LogP contribution in [-0.2, 0) is 14.1 Å². The maximum atomic E-state index is 11.0. The summed E-state index contributed by atoms with van der Waals surface area (Å²) in [6.45, 7) is 9.39. The Bertz CT molecular complexity index is 480. The molecule has 4 nitrogen and oxygen atoms in total. The lowest BCUT2D eigenvalue weighted by Crippen LogP contribution is -2.41. The fraction of sp³-hybridized carbons (Fsp3) is 0.500. The summed E-state index contributed by atoms with van der Waals surface area (Å²) in [6.07, 6.45) is 0. The van der Waals surface area contributed by atoms with E-state index in [1.807, 2.05) is 39.8 Å². The predicted octanol–water partition coefficient (Wildman–Crippen LogP) is 1.91. The van der Waals surface area contributed by atoms with Crippen molar-refractivity contribution in [3.05, 3.63) is 24.3 Å². The van der Waals surface area contributed by atoms with Gasteiger partial charge in [0.1, 0.15) is 5.75 Å². The Morgan fingerprint density at radius 2 is 1.74 bits per heavy atom. The van der Waals surface area contributed by atoms with Crippen molar-refractivity contribution in [2.24, 2.45) is 0 Å². The molecule has 19 heavy (non-hydrogen) atoms. The molecule has 0 aromatic heterocycles. The molecule has 0 bridgehead atoms. The topological polar surface area (TPSA) is 44.8 Å². The van der Waals surface area contributed by atoms with Crippen LogP contribution < -0.4 is 10.2 Å². The molecule has 0 atom stereocenters. The van der Waals surface area contributed by atoms with Crippen LogP contribution in [0, 0.1) is 0 Å². The van der Waals surface area contributed by atoms with Crippen molar-refractivity contribution in [1.82, 2.24) is 0 Å². The first-order valence-corrected chi connectivity index (χ1v) is 6.35. The van der Waals surface area contributed by atoms with E-state index in [9.17, 15) is 4.79 Å². The van der Waals surface area contributed by atoms with E-state index in [1.165, 1.54) is 6.92 Å². The van der Waals surface area contributed by atoms with Crippen molar-refractivity contribution in [3.63, 3.8) is 0 Å². The number of ether oxygens (including phenoxy) is 1. The molecule has 0 aliphatic carbocycles. The minimum absolute atomic E-state index is 0.342. The number of carbonyl (C=O) groups excluding carboxylic acids is 1. The molecule has 0 N–H and O–H groups in total. The summed E-state index contributed by atoms with van der Waals surface area (Å²) >= 11 is 0. The molecule has 1 fully saturated rings. The summed E-state index contributed by atoms with van der Waals surface area (Å²) in [4.78, 5) is 11.0. The van der Waals surface area contributed by atoms with Crippen molar-refractivity contribution >= 4 is 18.6 Å². The summed E-state index contributed by atoms with van der Waals surface area (Å²) in [7, 11) is -0.444. The highest BCUT2D eigenvalue weighted by molar-refractivity contribution is 6.62. The van der Waals surface area contributed by atoms with Gasteiger partial charge in [0.25, 0.3) is 0 Å². The third-order valence-corrected chi connectivity index (χ3v) is 3.65. The molecule has 1 aliphatic heterocycles. The molecule has 0 saturated carbocycles. The molecular weight excluding hydrogens is 243 g/mol. The minimum atomic E-state index is -0.444. The zero-order valence-corrected chi connectivity index (χ0v) is 12.0. The molecule has 0 unspecified atom stereocenters. The van der Waals surface area contributed by atoms with E-state index < -0.39 is 7.12 Å². The van der Waals surface area contributed by atoms with Gasteiger partial charge in [0.2, 0.25) is 0 Å². The molecule has 1 heterocycles. The quantitative estimate of drug-likeness (QED) is 0.464. The highest BCUT2D eigenvalue weighted by Crippen LogP contribution is 2.36. The van der Waals surface area contributed by atoms with Gasteiger partial charge in [0, 0.05) is 6.92 Å². The Morgan fingerprint density at radius 3 is 2.26 bits per heavy atom. The molecule has 102 valence electrons. The predicted molar refractivity (Wildman–Crippen MR) is 73.5 cm³/mol. The number of benzene rings is 1. The molecule has 0 spiro atoms. The van der Waals surface area contributed by atoms with Gasteiger partial charge >= 0.3 is 13.1 Å². The molecule has 1 saturated heterocycles. The van der Waals surface area contributed by atoms with E-state index >= 15 is 0 Å². The molecule has 0 radical (unpaired) electrons. The molecule has 1 aromatic rings. The summed E-state index contributed by atoms with van der Waals surface area (Å²) in [6, 6.07) is 7.22. The molecule has 5 heteroatoms. The average molecular weight is 262 g/mol. The standard InChI is InChI=1S/C14H19BO4/c1-10(16)17-12-8-6-7-11(9-12)15-18-13(2,3)14(4,5)19-15/h6-9H,1-5H3. The van der Waals surface area contributed by atoms with Gasteiger partial charge in [-0.05, 0) is 45.3 Å². The Morgan fingerprint density at radius 1 is 1.16 bits per heavy atom. The van der Waals surface area contributed by atoms with Gasteiger partial charge in [-0.3, -0.25) is 4.79 Å². The normalized spacial score (nSPS) is 20.4. The molecule has 0 amide bonds. The highest BCUT2D eigenvalue weighted by Gasteiger charge is 2.51. The number of rotatable bonds is 2. The first kappa shape index (κ1) is 14.1. The van der Waals surface area contributed by atoms with E-state index in [4.69, 9.17) is 14.0 Å². The number of esters is 1. The fourth-order valence-corrected chi connectivity index (χ4v) is 1.87. The number of hydrogen-bond donors (Lipinski definition) is 0. The lowest BCUT2D eigenvalue weighted by atomic mass is 9.79. The lowest BCUT2D eigenvalue weighted by molar-refractivity contribution is -0.131. The molecule has 1 aromatic carbocycles. The fourth-order valence-electron chi connectivity index (χ4n) is 1.87. The Balaban J connectivity index is 2.22. The van der Waals surface area contributed by atoms with Crippen molar-refractivity contribution < 1.29 is 18.8 Å². The third kappa shape index (κ3) is 2.82. The van der Waals surface area contributed by atoms with Crippen LogP contribution >= 0.6 is 0 Å². The second-order valence-corrected chi connectivity index (χ2v) is 5.75. The summed E-state index contributed by atoms with van der Waals surface area (Å²) in [5.41, 5.74) is 0.0851. The monoisotopic (exact) mass is 262 g/mol. The van der Waals surface area contributed by atoms with Crippen molar-refractivity contribution in [3.8, 4) is 5.75 Å². The summed E-state index contributed by atoms with van der Waals surface area (Å²) in [5, 5.41) is 0. The maximum Gasteiger partial charge on any atom is 0.494 e. The second-order valence-electron chi connectivity index (χ2n) is 5.75. The van der Waals surface area contributed by atoms with Gasteiger partial charge in [-0.1, -0.05) is 12.1 Å². The summed E-state index contributed by atoms with van der Waals surface area (Å²) < 4.78 is 17.0. The first-order chi connectivity index (χ1) is 8.71. The minimum Gasteiger partial charge on any atom is -0.427 e. The van der Waals surface area contributed by atoms with Gasteiger partial charge in [-0.25, -0.2) is 0 Å². The molecular formula is C14H19BO4. The van der Waals surface area contributed by atoms with Crippen LogP contribution in [0.4, 0.5) is 0 Å². The molecule has 1 aliphatic rings. The maximum absolute atomic E-state index is 11.0. The van der Waals surface area contributed by atoms with Crippen LogP contribution in [0.1, 0.15) is 34.6 Å². The van der Waals surface area contributed by atoms with E-state index in [2.05, 4.69) is 0 Å². The Hall–Kier alpha value is -1.33. The third-order valence-electron chi connectivity index (χ3n) is 3.65. The van der Waals surface area contributed by atoms with E-state index in [1.54, 1.807) is 12.1 Å². The van der Waals surface area contributed by atoms with Gasteiger partial charge in [-0.15, -0.1) is 0 Å². The second kappa shape index (κ2) is 4.65.